The number of hydrogen-bond acceptors (Lipinski definition) is 1. The summed E-state index contributed by atoms with van der Waals surface area (Å²) in [6, 6.07) is 4.38. The van der Waals surface area contributed by atoms with Crippen molar-refractivity contribution >= 4 is 17.4 Å². The molecule has 0 saturated heterocycles. The third-order valence-electron chi connectivity index (χ3n) is 1.43. The van der Waals surface area contributed by atoms with Gasteiger partial charge in [-0.15, -0.1) is 0 Å². The van der Waals surface area contributed by atoms with Gasteiger partial charge in [0, 0.05) is 17.0 Å². The smallest absolute Gasteiger partial charge is 0.128 e. The number of amidine groups is 1. The highest BCUT2D eigenvalue weighted by Crippen LogP contribution is 2.18. The van der Waals surface area contributed by atoms with E-state index in [1.807, 2.05) is 0 Å². The van der Waals surface area contributed by atoms with Gasteiger partial charge in [0.1, 0.15) is 5.82 Å². The average molecular weight is 187 g/mol. The van der Waals surface area contributed by atoms with Crippen LogP contribution in [0, 0.1) is 11.2 Å². The zero-order valence-corrected chi connectivity index (χ0v) is 7.03. The van der Waals surface area contributed by atoms with Crippen molar-refractivity contribution in [3.8, 4) is 0 Å². The Morgan fingerprint density at radius 2 is 2.25 bits per heavy atom. The number of rotatable bonds is 2. The van der Waals surface area contributed by atoms with Crippen molar-refractivity contribution in [3.05, 3.63) is 34.6 Å². The van der Waals surface area contributed by atoms with Crippen LogP contribution in [0.15, 0.2) is 18.2 Å². The zero-order chi connectivity index (χ0) is 9.14. The molecule has 0 atom stereocenters. The molecule has 0 aromatic heterocycles. The van der Waals surface area contributed by atoms with Crippen LogP contribution in [0.1, 0.15) is 5.56 Å². The van der Waals surface area contributed by atoms with Crippen molar-refractivity contribution in [2.24, 2.45) is 5.73 Å². The molecule has 3 N–H and O–H groups in total. The quantitative estimate of drug-likeness (QED) is 0.539. The SMILES string of the molecule is N=C(N)Cc1c(F)cccc1Cl. The van der Waals surface area contributed by atoms with Gasteiger partial charge in [-0.1, -0.05) is 17.7 Å². The summed E-state index contributed by atoms with van der Waals surface area (Å²) in [5.74, 6) is -0.514. The van der Waals surface area contributed by atoms with Crippen molar-refractivity contribution in [1.82, 2.24) is 0 Å². The maximum Gasteiger partial charge on any atom is 0.128 e. The Morgan fingerprint density at radius 3 is 2.75 bits per heavy atom. The van der Waals surface area contributed by atoms with E-state index in [1.165, 1.54) is 12.1 Å². The first kappa shape index (κ1) is 9.00. The summed E-state index contributed by atoms with van der Waals surface area (Å²) in [6.45, 7) is 0. The first-order valence-electron chi connectivity index (χ1n) is 3.37. The van der Waals surface area contributed by atoms with E-state index in [0.29, 0.717) is 5.02 Å². The van der Waals surface area contributed by atoms with E-state index in [0.717, 1.165) is 0 Å². The lowest BCUT2D eigenvalue weighted by Crippen LogP contribution is -2.13. The van der Waals surface area contributed by atoms with Crippen LogP contribution in [0.5, 0.6) is 0 Å². The fraction of sp³-hybridized carbons (Fsp3) is 0.125. The van der Waals surface area contributed by atoms with Gasteiger partial charge < -0.3 is 5.73 Å². The van der Waals surface area contributed by atoms with Crippen LogP contribution in [0.3, 0.4) is 0 Å². The van der Waals surface area contributed by atoms with Gasteiger partial charge in [-0.25, -0.2) is 4.39 Å². The fourth-order valence-electron chi connectivity index (χ4n) is 0.892. The number of nitrogens with one attached hydrogen (secondary N) is 1. The van der Waals surface area contributed by atoms with Gasteiger partial charge in [-0.3, -0.25) is 5.41 Å². The predicted octanol–water partition coefficient (Wildman–Crippen LogP) is 1.96. The molecule has 0 amide bonds. The molecule has 0 aliphatic heterocycles. The fourth-order valence-corrected chi connectivity index (χ4v) is 1.12. The summed E-state index contributed by atoms with van der Waals surface area (Å²) in [4.78, 5) is 0. The van der Waals surface area contributed by atoms with E-state index in [4.69, 9.17) is 22.7 Å². The molecule has 12 heavy (non-hydrogen) atoms. The third kappa shape index (κ3) is 1.95. The van der Waals surface area contributed by atoms with Crippen molar-refractivity contribution < 1.29 is 4.39 Å². The minimum absolute atomic E-state index is 0.0610. The summed E-state index contributed by atoms with van der Waals surface area (Å²) in [5.41, 5.74) is 5.40. The standard InChI is InChI=1S/C8H8ClFN2/c9-6-2-1-3-7(10)5(6)4-8(11)12/h1-3H,4H2,(H3,11,12). The number of benzene rings is 1. The lowest BCUT2D eigenvalue weighted by molar-refractivity contribution is 0.616. The Hall–Kier alpha value is -1.09. The number of halogens is 2. The van der Waals surface area contributed by atoms with E-state index in [-0.39, 0.29) is 17.8 Å². The van der Waals surface area contributed by atoms with Crippen molar-refractivity contribution in [3.63, 3.8) is 0 Å². The molecule has 1 aromatic carbocycles. The van der Waals surface area contributed by atoms with Gasteiger partial charge in [0.2, 0.25) is 0 Å². The first-order valence-corrected chi connectivity index (χ1v) is 3.75. The van der Waals surface area contributed by atoms with Crippen LogP contribution in [0.4, 0.5) is 4.39 Å². The largest absolute Gasteiger partial charge is 0.387 e. The summed E-state index contributed by atoms with van der Waals surface area (Å²) >= 11 is 5.68. The highest BCUT2D eigenvalue weighted by molar-refractivity contribution is 6.31. The van der Waals surface area contributed by atoms with E-state index in [9.17, 15) is 4.39 Å². The second-order valence-electron chi connectivity index (χ2n) is 2.40. The van der Waals surface area contributed by atoms with E-state index >= 15 is 0 Å². The summed E-state index contributed by atoms with van der Waals surface area (Å²) < 4.78 is 13.0. The van der Waals surface area contributed by atoms with Crippen LogP contribution in [-0.2, 0) is 6.42 Å². The Labute approximate surface area is 74.7 Å². The highest BCUT2D eigenvalue weighted by Gasteiger charge is 2.06. The van der Waals surface area contributed by atoms with Crippen LogP contribution in [0.2, 0.25) is 5.02 Å². The molecule has 1 rings (SSSR count). The van der Waals surface area contributed by atoms with Crippen LogP contribution >= 0.6 is 11.6 Å². The van der Waals surface area contributed by atoms with Crippen molar-refractivity contribution in [1.29, 1.82) is 5.41 Å². The maximum atomic E-state index is 13.0. The van der Waals surface area contributed by atoms with E-state index in [2.05, 4.69) is 0 Å². The second-order valence-corrected chi connectivity index (χ2v) is 2.81. The lowest BCUT2D eigenvalue weighted by Gasteiger charge is -2.03. The highest BCUT2D eigenvalue weighted by atomic mass is 35.5. The molecule has 0 saturated carbocycles. The molecular formula is C8H8ClFN2. The minimum atomic E-state index is -0.419. The first-order chi connectivity index (χ1) is 5.61. The van der Waals surface area contributed by atoms with Gasteiger partial charge >= 0.3 is 0 Å². The molecule has 2 nitrogen and oxygen atoms in total. The Morgan fingerprint density at radius 1 is 1.58 bits per heavy atom. The monoisotopic (exact) mass is 186 g/mol. The van der Waals surface area contributed by atoms with Gasteiger partial charge in [0.15, 0.2) is 0 Å². The normalized spacial score (nSPS) is 9.83. The van der Waals surface area contributed by atoms with Crippen LogP contribution in [0.25, 0.3) is 0 Å². The number of nitrogens with two attached hydrogens (primary N) is 1. The molecule has 0 spiro atoms. The molecule has 1 aromatic rings. The van der Waals surface area contributed by atoms with Gasteiger partial charge in [-0.2, -0.15) is 0 Å². The van der Waals surface area contributed by atoms with Crippen LogP contribution in [-0.4, -0.2) is 5.84 Å². The Bertz CT molecular complexity index is 292. The summed E-state index contributed by atoms with van der Waals surface area (Å²) in [5, 5.41) is 7.29. The lowest BCUT2D eigenvalue weighted by atomic mass is 10.1. The van der Waals surface area contributed by atoms with E-state index < -0.39 is 5.82 Å². The third-order valence-corrected chi connectivity index (χ3v) is 1.78. The van der Waals surface area contributed by atoms with Crippen LogP contribution < -0.4 is 5.73 Å². The van der Waals surface area contributed by atoms with Gasteiger partial charge in [-0.05, 0) is 12.1 Å². The number of hydrogen-bond donors (Lipinski definition) is 2. The zero-order valence-electron chi connectivity index (χ0n) is 6.27. The maximum absolute atomic E-state index is 13.0. The Kier molecular flexibility index (Phi) is 2.65. The minimum Gasteiger partial charge on any atom is -0.387 e. The molecule has 0 bridgehead atoms. The van der Waals surface area contributed by atoms with E-state index in [1.54, 1.807) is 6.07 Å². The van der Waals surface area contributed by atoms with Gasteiger partial charge in [0.05, 0.1) is 5.84 Å². The summed E-state index contributed by atoms with van der Waals surface area (Å²) in [6.07, 6.45) is 0.0610. The molecule has 0 fully saturated rings. The van der Waals surface area contributed by atoms with Crippen molar-refractivity contribution in [2.75, 3.05) is 0 Å². The van der Waals surface area contributed by atoms with Crippen molar-refractivity contribution in [2.45, 2.75) is 6.42 Å². The molecular weight excluding hydrogens is 179 g/mol. The molecule has 0 aliphatic rings. The average Bonchev–Trinajstić information content (AvgIpc) is 1.97. The molecule has 0 unspecified atom stereocenters. The molecule has 64 valence electrons. The Balaban J connectivity index is 3.04. The predicted molar refractivity (Wildman–Crippen MR) is 47.0 cm³/mol. The topological polar surface area (TPSA) is 49.9 Å². The summed E-state index contributed by atoms with van der Waals surface area (Å²) in [7, 11) is 0. The van der Waals surface area contributed by atoms with Gasteiger partial charge in [0.25, 0.3) is 0 Å². The second kappa shape index (κ2) is 3.54. The molecule has 0 heterocycles. The molecule has 0 radical (unpaired) electrons. The molecule has 4 heteroatoms. The molecule has 0 aliphatic carbocycles.